The SMILES string of the molecule is Cc1ccc(Nc2oc3c(c2-c2ccccc2)c(=O)oc2ccccc23)c(C)c1. The van der Waals surface area contributed by atoms with Crippen LogP contribution in [0.5, 0.6) is 0 Å². The van der Waals surface area contributed by atoms with Crippen LogP contribution < -0.4 is 10.9 Å². The summed E-state index contributed by atoms with van der Waals surface area (Å²) in [6.45, 7) is 4.11. The molecule has 1 N–H and O–H groups in total. The normalized spacial score (nSPS) is 11.2. The number of hydrogen-bond acceptors (Lipinski definition) is 4. The second kappa shape index (κ2) is 6.67. The highest BCUT2D eigenvalue weighted by Crippen LogP contribution is 2.41. The predicted octanol–water partition coefficient (Wildman–Crippen LogP) is 6.57. The average molecular weight is 381 g/mol. The highest BCUT2D eigenvalue weighted by atomic mass is 16.4. The number of para-hydroxylation sites is 1. The topological polar surface area (TPSA) is 55.4 Å². The Morgan fingerprint density at radius 2 is 1.59 bits per heavy atom. The van der Waals surface area contributed by atoms with Gasteiger partial charge in [-0.15, -0.1) is 0 Å². The molecule has 0 fully saturated rings. The van der Waals surface area contributed by atoms with Crippen LogP contribution in [-0.2, 0) is 0 Å². The second-order valence-electron chi connectivity index (χ2n) is 7.21. The molecule has 0 radical (unpaired) electrons. The Balaban J connectivity index is 1.83. The molecular weight excluding hydrogens is 362 g/mol. The first-order valence-corrected chi connectivity index (χ1v) is 9.50. The summed E-state index contributed by atoms with van der Waals surface area (Å²) in [5.41, 5.74) is 5.45. The summed E-state index contributed by atoms with van der Waals surface area (Å²) in [5.74, 6) is 0.529. The molecular formula is C25H19NO3. The summed E-state index contributed by atoms with van der Waals surface area (Å²) in [6.07, 6.45) is 0. The van der Waals surface area contributed by atoms with Crippen LogP contribution >= 0.6 is 0 Å². The van der Waals surface area contributed by atoms with E-state index in [9.17, 15) is 4.79 Å². The molecule has 4 heteroatoms. The molecule has 5 rings (SSSR count). The first kappa shape index (κ1) is 17.3. The standard InChI is InChI=1S/C25H19NO3/c1-15-12-13-19(16(2)14-15)26-24-21(17-8-4-3-5-9-17)22-23(29-24)18-10-6-7-11-20(18)28-25(22)27/h3-14,26H,1-2H3. The van der Waals surface area contributed by atoms with Crippen LogP contribution in [0, 0.1) is 13.8 Å². The van der Waals surface area contributed by atoms with E-state index < -0.39 is 5.63 Å². The zero-order valence-electron chi connectivity index (χ0n) is 16.2. The number of aryl methyl sites for hydroxylation is 2. The van der Waals surface area contributed by atoms with Gasteiger partial charge in [0.05, 0.1) is 10.9 Å². The van der Waals surface area contributed by atoms with Gasteiger partial charge in [-0.1, -0.05) is 60.2 Å². The van der Waals surface area contributed by atoms with E-state index in [1.54, 1.807) is 6.07 Å². The van der Waals surface area contributed by atoms with Crippen molar-refractivity contribution >= 4 is 33.5 Å². The summed E-state index contributed by atoms with van der Waals surface area (Å²) in [6, 6.07) is 23.4. The van der Waals surface area contributed by atoms with Crippen LogP contribution in [0.25, 0.3) is 33.1 Å². The van der Waals surface area contributed by atoms with Gasteiger partial charge in [0.25, 0.3) is 0 Å². The van der Waals surface area contributed by atoms with Gasteiger partial charge in [0, 0.05) is 5.69 Å². The van der Waals surface area contributed by atoms with Crippen molar-refractivity contribution in [2.45, 2.75) is 13.8 Å². The Labute approximate surface area is 167 Å². The second-order valence-corrected chi connectivity index (χ2v) is 7.21. The molecule has 142 valence electrons. The molecule has 0 aliphatic rings. The van der Waals surface area contributed by atoms with Crippen LogP contribution in [0.15, 0.2) is 86.4 Å². The lowest BCUT2D eigenvalue weighted by atomic mass is 10.0. The molecule has 0 amide bonds. The first-order valence-electron chi connectivity index (χ1n) is 9.50. The Hall–Kier alpha value is -3.79. The van der Waals surface area contributed by atoms with Crippen molar-refractivity contribution < 1.29 is 8.83 Å². The maximum atomic E-state index is 12.9. The number of benzene rings is 3. The zero-order chi connectivity index (χ0) is 20.0. The third kappa shape index (κ3) is 2.90. The summed E-state index contributed by atoms with van der Waals surface area (Å²) < 4.78 is 11.9. The smallest absolute Gasteiger partial charge is 0.348 e. The van der Waals surface area contributed by atoms with Gasteiger partial charge in [0.1, 0.15) is 11.0 Å². The number of anilines is 2. The molecule has 0 atom stereocenters. The van der Waals surface area contributed by atoms with E-state index in [1.807, 2.05) is 67.6 Å². The molecule has 0 aliphatic carbocycles. The Kier molecular flexibility index (Phi) is 3.98. The maximum absolute atomic E-state index is 12.9. The van der Waals surface area contributed by atoms with Crippen LogP contribution in [0.1, 0.15) is 11.1 Å². The van der Waals surface area contributed by atoms with E-state index in [2.05, 4.69) is 18.3 Å². The number of rotatable bonds is 3. The minimum atomic E-state index is -0.407. The molecule has 3 aromatic carbocycles. The summed E-state index contributed by atoms with van der Waals surface area (Å²) in [4.78, 5) is 12.9. The minimum absolute atomic E-state index is 0.407. The minimum Gasteiger partial charge on any atom is -0.439 e. The van der Waals surface area contributed by atoms with E-state index in [0.717, 1.165) is 22.2 Å². The fraction of sp³-hybridized carbons (Fsp3) is 0.0800. The van der Waals surface area contributed by atoms with Crippen molar-refractivity contribution in [2.75, 3.05) is 5.32 Å². The Morgan fingerprint density at radius 3 is 2.38 bits per heavy atom. The maximum Gasteiger partial charge on any atom is 0.348 e. The molecule has 0 unspecified atom stereocenters. The molecule has 5 aromatic rings. The van der Waals surface area contributed by atoms with Crippen molar-refractivity contribution in [3.05, 3.63) is 94.3 Å². The van der Waals surface area contributed by atoms with Gasteiger partial charge in [0.2, 0.25) is 5.88 Å². The molecule has 2 heterocycles. The monoisotopic (exact) mass is 381 g/mol. The van der Waals surface area contributed by atoms with Crippen molar-refractivity contribution in [2.24, 2.45) is 0 Å². The largest absolute Gasteiger partial charge is 0.439 e. The average Bonchev–Trinajstić information content (AvgIpc) is 3.11. The Morgan fingerprint density at radius 1 is 0.828 bits per heavy atom. The van der Waals surface area contributed by atoms with E-state index >= 15 is 0 Å². The molecule has 0 spiro atoms. The highest BCUT2D eigenvalue weighted by Gasteiger charge is 2.22. The molecule has 0 aliphatic heterocycles. The van der Waals surface area contributed by atoms with Crippen LogP contribution in [-0.4, -0.2) is 0 Å². The number of nitrogens with one attached hydrogen (secondary N) is 1. The van der Waals surface area contributed by atoms with Crippen molar-refractivity contribution in [1.29, 1.82) is 0 Å². The summed E-state index contributed by atoms with van der Waals surface area (Å²) in [5, 5.41) is 4.62. The molecule has 2 aromatic heterocycles. The van der Waals surface area contributed by atoms with Crippen LogP contribution in [0.2, 0.25) is 0 Å². The molecule has 0 saturated heterocycles. The highest BCUT2D eigenvalue weighted by molar-refractivity contribution is 6.10. The van der Waals surface area contributed by atoms with Crippen LogP contribution in [0.4, 0.5) is 11.6 Å². The number of hydrogen-bond donors (Lipinski definition) is 1. The predicted molar refractivity (Wildman–Crippen MR) is 117 cm³/mol. The lowest BCUT2D eigenvalue weighted by Crippen LogP contribution is -2.00. The third-order valence-corrected chi connectivity index (χ3v) is 5.14. The van der Waals surface area contributed by atoms with Gasteiger partial charge in [-0.25, -0.2) is 4.79 Å². The fourth-order valence-corrected chi connectivity index (χ4v) is 3.75. The quantitative estimate of drug-likeness (QED) is 0.359. The van der Waals surface area contributed by atoms with Gasteiger partial charge in [-0.05, 0) is 43.2 Å². The lowest BCUT2D eigenvalue weighted by Gasteiger charge is -2.10. The Bertz CT molecular complexity index is 1410. The molecule has 0 bridgehead atoms. The van der Waals surface area contributed by atoms with Gasteiger partial charge in [0.15, 0.2) is 5.58 Å². The third-order valence-electron chi connectivity index (χ3n) is 5.14. The van der Waals surface area contributed by atoms with Gasteiger partial charge < -0.3 is 14.2 Å². The van der Waals surface area contributed by atoms with E-state index in [0.29, 0.717) is 28.0 Å². The van der Waals surface area contributed by atoms with Crippen LogP contribution in [0.3, 0.4) is 0 Å². The summed E-state index contributed by atoms with van der Waals surface area (Å²) in [7, 11) is 0. The van der Waals surface area contributed by atoms with E-state index in [-0.39, 0.29) is 0 Å². The summed E-state index contributed by atoms with van der Waals surface area (Å²) >= 11 is 0. The van der Waals surface area contributed by atoms with E-state index in [1.165, 1.54) is 5.56 Å². The molecule has 29 heavy (non-hydrogen) atoms. The zero-order valence-corrected chi connectivity index (χ0v) is 16.2. The van der Waals surface area contributed by atoms with E-state index in [4.69, 9.17) is 8.83 Å². The van der Waals surface area contributed by atoms with Gasteiger partial charge >= 0.3 is 5.63 Å². The molecule has 4 nitrogen and oxygen atoms in total. The lowest BCUT2D eigenvalue weighted by molar-refractivity contribution is 0.566. The van der Waals surface area contributed by atoms with Gasteiger partial charge in [-0.3, -0.25) is 0 Å². The van der Waals surface area contributed by atoms with Crippen molar-refractivity contribution in [3.63, 3.8) is 0 Å². The van der Waals surface area contributed by atoms with Gasteiger partial charge in [-0.2, -0.15) is 0 Å². The fourth-order valence-electron chi connectivity index (χ4n) is 3.75. The number of fused-ring (bicyclic) bond motifs is 3. The number of furan rings is 1. The molecule has 0 saturated carbocycles. The van der Waals surface area contributed by atoms with Crippen molar-refractivity contribution in [1.82, 2.24) is 0 Å². The first-order chi connectivity index (χ1) is 14.1. The van der Waals surface area contributed by atoms with Crippen molar-refractivity contribution in [3.8, 4) is 11.1 Å².